The van der Waals surface area contributed by atoms with E-state index < -0.39 is 0 Å². The van der Waals surface area contributed by atoms with Crippen molar-refractivity contribution in [2.24, 2.45) is 5.41 Å². The number of likely N-dealkylation sites (tertiary alicyclic amines) is 1. The molecule has 1 aliphatic carbocycles. The summed E-state index contributed by atoms with van der Waals surface area (Å²) >= 11 is 0. The van der Waals surface area contributed by atoms with E-state index in [1.165, 1.54) is 20.0 Å². The number of hydrogen-bond acceptors (Lipinski definition) is 4. The van der Waals surface area contributed by atoms with E-state index in [0.29, 0.717) is 37.0 Å². The number of nitrogens with zero attached hydrogens (tertiary/aromatic N) is 3. The first-order valence-electron chi connectivity index (χ1n) is 11.8. The number of hydrogen-bond donors (Lipinski definition) is 0. The van der Waals surface area contributed by atoms with E-state index in [4.69, 9.17) is 4.74 Å². The second-order valence-electron chi connectivity index (χ2n) is 9.72. The fourth-order valence-electron chi connectivity index (χ4n) is 5.28. The van der Waals surface area contributed by atoms with Crippen LogP contribution in [0, 0.1) is 5.41 Å². The Bertz CT molecular complexity index is 1110. The average molecular weight is 450 g/mol. The molecule has 1 saturated carbocycles. The fourth-order valence-corrected chi connectivity index (χ4v) is 5.28. The van der Waals surface area contributed by atoms with Gasteiger partial charge < -0.3 is 19.1 Å². The lowest BCUT2D eigenvalue weighted by molar-refractivity contribution is -0.136. The number of methoxy groups -OCH3 is 1. The molecule has 0 atom stereocenters. The van der Waals surface area contributed by atoms with Crippen molar-refractivity contribution in [2.45, 2.75) is 45.2 Å². The van der Waals surface area contributed by atoms with Gasteiger partial charge in [-0.1, -0.05) is 30.3 Å². The molecule has 2 amide bonds. The normalized spacial score (nSPS) is 18.8. The van der Waals surface area contributed by atoms with Crippen LogP contribution in [0.4, 0.5) is 0 Å². The van der Waals surface area contributed by atoms with Crippen molar-refractivity contribution in [1.82, 2.24) is 14.4 Å². The van der Waals surface area contributed by atoms with Crippen LogP contribution in [0.25, 0.3) is 0 Å². The lowest BCUT2D eigenvalue weighted by Gasteiger charge is -2.34. The number of benzene rings is 1. The fraction of sp³-hybridized carbons (Fsp3) is 0.500. The van der Waals surface area contributed by atoms with Gasteiger partial charge in [-0.15, -0.1) is 0 Å². The predicted octanol–water partition coefficient (Wildman–Crippen LogP) is 2.44. The van der Waals surface area contributed by atoms with Crippen LogP contribution in [0.1, 0.15) is 52.7 Å². The summed E-state index contributed by atoms with van der Waals surface area (Å²) in [5.41, 5.74) is 3.21. The highest BCUT2D eigenvalue weighted by Gasteiger charge is 2.45. The van der Waals surface area contributed by atoms with Gasteiger partial charge in [0.1, 0.15) is 12.2 Å². The standard InChI is InChI=1S/C26H31N3O4/c1-33-18-22(30)28-12-7-21-20(16-28)17-29(15-19-5-3-2-4-6-19)25(32)23(21)24(31)27-13-10-26(8-9-26)11-14-27/h2-6,17H,7-16,18H2,1H3. The molecule has 1 aromatic carbocycles. The zero-order valence-corrected chi connectivity index (χ0v) is 19.2. The van der Waals surface area contributed by atoms with Crippen molar-refractivity contribution in [2.75, 3.05) is 33.4 Å². The number of ether oxygens (including phenoxy) is 1. The molecule has 1 aromatic heterocycles. The molecule has 0 unspecified atom stereocenters. The second kappa shape index (κ2) is 8.78. The molecular formula is C26H31N3O4. The molecule has 0 N–H and O–H groups in total. The van der Waals surface area contributed by atoms with Gasteiger partial charge in [0.25, 0.3) is 11.5 Å². The van der Waals surface area contributed by atoms with Crippen LogP contribution < -0.4 is 5.56 Å². The first-order valence-corrected chi connectivity index (χ1v) is 11.8. The number of aromatic nitrogens is 1. The van der Waals surface area contributed by atoms with Crippen LogP contribution in [0.2, 0.25) is 0 Å². The summed E-state index contributed by atoms with van der Waals surface area (Å²) in [5.74, 6) is -0.228. The number of piperidine rings is 1. The molecular weight excluding hydrogens is 418 g/mol. The third kappa shape index (κ3) is 4.34. The van der Waals surface area contributed by atoms with Crippen molar-refractivity contribution in [3.63, 3.8) is 0 Å². The van der Waals surface area contributed by atoms with Gasteiger partial charge in [0.05, 0.1) is 6.54 Å². The van der Waals surface area contributed by atoms with Crippen LogP contribution in [-0.2, 0) is 29.0 Å². The molecule has 33 heavy (non-hydrogen) atoms. The van der Waals surface area contributed by atoms with Gasteiger partial charge in [-0.2, -0.15) is 0 Å². The van der Waals surface area contributed by atoms with E-state index in [0.717, 1.165) is 42.6 Å². The molecule has 2 fully saturated rings. The number of carbonyl (C=O) groups excluding carboxylic acids is 2. The van der Waals surface area contributed by atoms with Gasteiger partial charge in [0.2, 0.25) is 5.91 Å². The summed E-state index contributed by atoms with van der Waals surface area (Å²) in [6.07, 6.45) is 6.95. The summed E-state index contributed by atoms with van der Waals surface area (Å²) in [5, 5.41) is 0. The SMILES string of the molecule is COCC(=O)N1CCc2c(cn(Cc3ccccc3)c(=O)c2C(=O)N2CCC3(CC2)CC3)C1. The Hall–Kier alpha value is -2.93. The third-order valence-electron chi connectivity index (χ3n) is 7.57. The maximum Gasteiger partial charge on any atom is 0.264 e. The molecule has 3 heterocycles. The molecule has 1 spiro atoms. The van der Waals surface area contributed by atoms with Crippen LogP contribution in [0.3, 0.4) is 0 Å². The van der Waals surface area contributed by atoms with Crippen molar-refractivity contribution in [1.29, 1.82) is 0 Å². The highest BCUT2D eigenvalue weighted by molar-refractivity contribution is 5.96. The Morgan fingerprint density at radius 2 is 1.73 bits per heavy atom. The van der Waals surface area contributed by atoms with E-state index in [9.17, 15) is 14.4 Å². The van der Waals surface area contributed by atoms with Crippen LogP contribution >= 0.6 is 0 Å². The van der Waals surface area contributed by atoms with Crippen LogP contribution in [0.15, 0.2) is 41.3 Å². The van der Waals surface area contributed by atoms with Gasteiger partial charge in [-0.25, -0.2) is 0 Å². The highest BCUT2D eigenvalue weighted by atomic mass is 16.5. The van der Waals surface area contributed by atoms with Crippen molar-refractivity contribution in [3.05, 3.63) is 69.1 Å². The van der Waals surface area contributed by atoms with Gasteiger partial charge in [-0.05, 0) is 54.2 Å². The summed E-state index contributed by atoms with van der Waals surface area (Å²) in [6.45, 7) is 2.73. The monoisotopic (exact) mass is 449 g/mol. The third-order valence-corrected chi connectivity index (χ3v) is 7.57. The van der Waals surface area contributed by atoms with E-state index in [-0.39, 0.29) is 24.0 Å². The number of rotatable bonds is 5. The Kier molecular flexibility index (Phi) is 5.83. The summed E-state index contributed by atoms with van der Waals surface area (Å²) in [6, 6.07) is 9.77. The predicted molar refractivity (Wildman–Crippen MR) is 124 cm³/mol. The average Bonchev–Trinajstić information content (AvgIpc) is 3.59. The minimum absolute atomic E-state index is 0.0281. The minimum Gasteiger partial charge on any atom is -0.375 e. The Morgan fingerprint density at radius 1 is 1.00 bits per heavy atom. The minimum atomic E-state index is -0.231. The maximum absolute atomic E-state index is 13.7. The Labute approximate surface area is 193 Å². The lowest BCUT2D eigenvalue weighted by Crippen LogP contribution is -2.45. The topological polar surface area (TPSA) is 71.8 Å². The van der Waals surface area contributed by atoms with E-state index in [2.05, 4.69) is 0 Å². The summed E-state index contributed by atoms with van der Waals surface area (Å²) in [4.78, 5) is 43.3. The molecule has 174 valence electrons. The van der Waals surface area contributed by atoms with E-state index >= 15 is 0 Å². The highest BCUT2D eigenvalue weighted by Crippen LogP contribution is 2.53. The maximum atomic E-state index is 13.7. The first kappa shape index (κ1) is 21.9. The Morgan fingerprint density at radius 3 is 2.39 bits per heavy atom. The quantitative estimate of drug-likeness (QED) is 0.703. The molecule has 7 nitrogen and oxygen atoms in total. The zero-order chi connectivity index (χ0) is 23.0. The first-order chi connectivity index (χ1) is 16.0. The molecule has 0 bridgehead atoms. The van der Waals surface area contributed by atoms with Gasteiger partial charge in [-0.3, -0.25) is 14.4 Å². The van der Waals surface area contributed by atoms with Gasteiger partial charge in [0.15, 0.2) is 0 Å². The van der Waals surface area contributed by atoms with E-state index in [1.807, 2.05) is 41.4 Å². The summed E-state index contributed by atoms with van der Waals surface area (Å²) in [7, 11) is 1.51. The van der Waals surface area contributed by atoms with Gasteiger partial charge in [0, 0.05) is 39.5 Å². The number of carbonyl (C=O) groups is 2. The zero-order valence-electron chi connectivity index (χ0n) is 19.2. The molecule has 1 saturated heterocycles. The largest absolute Gasteiger partial charge is 0.375 e. The Balaban J connectivity index is 1.50. The molecule has 2 aliphatic heterocycles. The smallest absolute Gasteiger partial charge is 0.264 e. The number of fused-ring (bicyclic) bond motifs is 1. The second-order valence-corrected chi connectivity index (χ2v) is 9.72. The molecule has 3 aliphatic rings. The van der Waals surface area contributed by atoms with Crippen molar-refractivity contribution in [3.8, 4) is 0 Å². The molecule has 5 rings (SSSR count). The number of pyridine rings is 1. The molecule has 0 radical (unpaired) electrons. The lowest BCUT2D eigenvalue weighted by atomic mass is 9.91. The summed E-state index contributed by atoms with van der Waals surface area (Å²) < 4.78 is 6.66. The molecule has 2 aromatic rings. The van der Waals surface area contributed by atoms with Crippen LogP contribution in [0.5, 0.6) is 0 Å². The molecule has 7 heteroatoms. The van der Waals surface area contributed by atoms with E-state index in [1.54, 1.807) is 9.47 Å². The van der Waals surface area contributed by atoms with Crippen LogP contribution in [-0.4, -0.2) is 59.5 Å². The van der Waals surface area contributed by atoms with Crippen molar-refractivity contribution >= 4 is 11.8 Å². The number of amides is 2. The van der Waals surface area contributed by atoms with Gasteiger partial charge >= 0.3 is 0 Å². The van der Waals surface area contributed by atoms with Crippen molar-refractivity contribution < 1.29 is 14.3 Å².